The van der Waals surface area contributed by atoms with Crippen molar-refractivity contribution in [3.8, 4) is 21.9 Å². The molecule has 0 aliphatic carbocycles. The molecule has 2 heterocycles. The quantitative estimate of drug-likeness (QED) is 0.803. The maximum absolute atomic E-state index is 11.6. The maximum Gasteiger partial charge on any atom is 0.164 e. The van der Waals surface area contributed by atoms with E-state index in [4.69, 9.17) is 9.47 Å². The summed E-state index contributed by atoms with van der Waals surface area (Å²) in [5.41, 5.74) is 2.95. The fraction of sp³-hybridized carbons (Fsp3) is 0.267. The predicted molar refractivity (Wildman–Crippen MR) is 75.5 cm³/mol. The Hall–Kier alpha value is -1.81. The fourth-order valence-electron chi connectivity index (χ4n) is 2.32. The first-order valence-electron chi connectivity index (χ1n) is 6.13. The molecular weight excluding hydrogens is 260 g/mol. The third-order valence-electron chi connectivity index (χ3n) is 3.28. The van der Waals surface area contributed by atoms with Crippen LogP contribution >= 0.6 is 11.3 Å². The molecule has 1 aliphatic heterocycles. The molecular formula is C15H14O3S. The van der Waals surface area contributed by atoms with Crippen LogP contribution in [0.1, 0.15) is 22.8 Å². The molecule has 0 atom stereocenters. The van der Waals surface area contributed by atoms with Gasteiger partial charge in [0.2, 0.25) is 0 Å². The van der Waals surface area contributed by atoms with E-state index >= 15 is 0 Å². The highest BCUT2D eigenvalue weighted by molar-refractivity contribution is 7.14. The highest BCUT2D eigenvalue weighted by Gasteiger charge is 2.19. The van der Waals surface area contributed by atoms with Gasteiger partial charge < -0.3 is 9.47 Å². The number of thiophene rings is 1. The Morgan fingerprint density at radius 2 is 2.26 bits per heavy atom. The Morgan fingerprint density at radius 3 is 3.00 bits per heavy atom. The number of ketones is 1. The van der Waals surface area contributed by atoms with Crippen molar-refractivity contribution in [3.05, 3.63) is 34.7 Å². The van der Waals surface area contributed by atoms with Gasteiger partial charge in [-0.25, -0.2) is 0 Å². The molecule has 0 N–H and O–H groups in total. The van der Waals surface area contributed by atoms with Crippen molar-refractivity contribution >= 4 is 17.1 Å². The van der Waals surface area contributed by atoms with E-state index in [1.165, 1.54) is 5.56 Å². The first-order valence-corrected chi connectivity index (χ1v) is 7.01. The number of methoxy groups -OCH3 is 1. The normalized spacial score (nSPS) is 12.9. The SMILES string of the molecule is COc1c(C(C)=O)csc1-c1ccc2c(c1)CCO2. The van der Waals surface area contributed by atoms with Crippen molar-refractivity contribution < 1.29 is 14.3 Å². The number of Topliss-reactive ketones (excluding diaryl/α,β-unsaturated/α-hetero) is 1. The zero-order valence-electron chi connectivity index (χ0n) is 10.9. The molecule has 1 aliphatic rings. The van der Waals surface area contributed by atoms with Gasteiger partial charge in [0.05, 0.1) is 24.2 Å². The van der Waals surface area contributed by atoms with Crippen LogP contribution in [0.5, 0.6) is 11.5 Å². The van der Waals surface area contributed by atoms with E-state index in [0.717, 1.165) is 29.2 Å². The highest BCUT2D eigenvalue weighted by Crippen LogP contribution is 2.41. The zero-order valence-corrected chi connectivity index (χ0v) is 11.7. The fourth-order valence-corrected chi connectivity index (χ4v) is 3.39. The lowest BCUT2D eigenvalue weighted by atomic mass is 10.1. The van der Waals surface area contributed by atoms with E-state index in [-0.39, 0.29) is 5.78 Å². The largest absolute Gasteiger partial charge is 0.494 e. The van der Waals surface area contributed by atoms with Gasteiger partial charge in [-0.2, -0.15) is 0 Å². The molecule has 1 aromatic heterocycles. The third kappa shape index (κ3) is 2.02. The average molecular weight is 274 g/mol. The second kappa shape index (κ2) is 4.70. The third-order valence-corrected chi connectivity index (χ3v) is 4.29. The van der Waals surface area contributed by atoms with Crippen LogP contribution in [0.4, 0.5) is 0 Å². The van der Waals surface area contributed by atoms with Gasteiger partial charge in [-0.1, -0.05) is 0 Å². The van der Waals surface area contributed by atoms with Crippen molar-refractivity contribution in [2.45, 2.75) is 13.3 Å². The van der Waals surface area contributed by atoms with Crippen LogP contribution in [0.25, 0.3) is 10.4 Å². The number of carbonyl (C=O) groups excluding carboxylic acids is 1. The molecule has 0 amide bonds. The standard InChI is InChI=1S/C15H14O3S/c1-9(16)12-8-19-15(14(12)17-2)11-3-4-13-10(7-11)5-6-18-13/h3-4,7-8H,5-6H2,1-2H3. The summed E-state index contributed by atoms with van der Waals surface area (Å²) in [6.45, 7) is 2.31. The van der Waals surface area contributed by atoms with E-state index < -0.39 is 0 Å². The second-order valence-electron chi connectivity index (χ2n) is 4.49. The smallest absolute Gasteiger partial charge is 0.164 e. The molecule has 98 valence electrons. The van der Waals surface area contributed by atoms with E-state index in [2.05, 4.69) is 6.07 Å². The number of hydrogen-bond donors (Lipinski definition) is 0. The summed E-state index contributed by atoms with van der Waals surface area (Å²) in [7, 11) is 1.61. The van der Waals surface area contributed by atoms with E-state index in [0.29, 0.717) is 11.3 Å². The van der Waals surface area contributed by atoms with Crippen LogP contribution in [-0.4, -0.2) is 19.5 Å². The Labute approximate surface area is 115 Å². The highest BCUT2D eigenvalue weighted by atomic mass is 32.1. The van der Waals surface area contributed by atoms with E-state index in [9.17, 15) is 4.79 Å². The number of ether oxygens (including phenoxy) is 2. The van der Waals surface area contributed by atoms with Crippen molar-refractivity contribution in [1.82, 2.24) is 0 Å². The first-order chi connectivity index (χ1) is 9.20. The van der Waals surface area contributed by atoms with Crippen molar-refractivity contribution in [1.29, 1.82) is 0 Å². The molecule has 0 saturated heterocycles. The number of carbonyl (C=O) groups is 1. The molecule has 4 heteroatoms. The van der Waals surface area contributed by atoms with Crippen molar-refractivity contribution in [2.75, 3.05) is 13.7 Å². The van der Waals surface area contributed by atoms with Gasteiger partial charge in [0.15, 0.2) is 5.78 Å². The zero-order chi connectivity index (χ0) is 13.4. The van der Waals surface area contributed by atoms with Crippen LogP contribution < -0.4 is 9.47 Å². The maximum atomic E-state index is 11.6. The second-order valence-corrected chi connectivity index (χ2v) is 5.37. The Kier molecular flexibility index (Phi) is 3.03. The lowest BCUT2D eigenvalue weighted by molar-refractivity contribution is 0.101. The molecule has 1 aromatic carbocycles. The van der Waals surface area contributed by atoms with Gasteiger partial charge in [0, 0.05) is 11.8 Å². The molecule has 0 saturated carbocycles. The summed E-state index contributed by atoms with van der Waals surface area (Å²) < 4.78 is 10.9. The van der Waals surface area contributed by atoms with E-state index in [1.807, 2.05) is 17.5 Å². The molecule has 19 heavy (non-hydrogen) atoms. The molecule has 3 nitrogen and oxygen atoms in total. The monoisotopic (exact) mass is 274 g/mol. The number of hydrogen-bond acceptors (Lipinski definition) is 4. The van der Waals surface area contributed by atoms with Gasteiger partial charge in [0.1, 0.15) is 11.5 Å². The summed E-state index contributed by atoms with van der Waals surface area (Å²) in [5, 5.41) is 1.86. The van der Waals surface area contributed by atoms with Crippen LogP contribution in [0.2, 0.25) is 0 Å². The van der Waals surface area contributed by atoms with Gasteiger partial charge >= 0.3 is 0 Å². The minimum absolute atomic E-state index is 0.0313. The average Bonchev–Trinajstić information content (AvgIpc) is 3.03. The molecule has 2 aromatic rings. The predicted octanol–water partition coefficient (Wildman–Crippen LogP) is 3.56. The number of benzene rings is 1. The van der Waals surface area contributed by atoms with Gasteiger partial charge in [-0.15, -0.1) is 11.3 Å². The Balaban J connectivity index is 2.09. The van der Waals surface area contributed by atoms with Gasteiger partial charge in [-0.3, -0.25) is 4.79 Å². The van der Waals surface area contributed by atoms with Crippen LogP contribution in [0.15, 0.2) is 23.6 Å². The summed E-state index contributed by atoms with van der Waals surface area (Å²) in [5.74, 6) is 1.67. The molecule has 0 radical (unpaired) electrons. The first kappa shape index (κ1) is 12.2. The molecule has 0 fully saturated rings. The van der Waals surface area contributed by atoms with Crippen molar-refractivity contribution in [3.63, 3.8) is 0 Å². The lowest BCUT2D eigenvalue weighted by Gasteiger charge is -2.06. The minimum atomic E-state index is 0.0313. The Morgan fingerprint density at radius 1 is 1.42 bits per heavy atom. The summed E-state index contributed by atoms with van der Waals surface area (Å²) in [4.78, 5) is 12.6. The summed E-state index contributed by atoms with van der Waals surface area (Å²) in [6, 6.07) is 6.13. The number of fused-ring (bicyclic) bond motifs is 1. The molecule has 0 unspecified atom stereocenters. The Bertz CT molecular complexity index is 643. The summed E-state index contributed by atoms with van der Waals surface area (Å²) in [6.07, 6.45) is 0.941. The molecule has 0 spiro atoms. The van der Waals surface area contributed by atoms with Crippen LogP contribution in [-0.2, 0) is 6.42 Å². The number of rotatable bonds is 3. The molecule has 0 bridgehead atoms. The van der Waals surface area contributed by atoms with Crippen LogP contribution in [0.3, 0.4) is 0 Å². The van der Waals surface area contributed by atoms with Crippen molar-refractivity contribution in [2.24, 2.45) is 0 Å². The van der Waals surface area contributed by atoms with Crippen LogP contribution in [0, 0.1) is 0 Å². The van der Waals surface area contributed by atoms with Gasteiger partial charge in [-0.05, 0) is 36.2 Å². The minimum Gasteiger partial charge on any atom is -0.494 e. The lowest BCUT2D eigenvalue weighted by Crippen LogP contribution is -1.94. The summed E-state index contributed by atoms with van der Waals surface area (Å²) >= 11 is 1.54. The van der Waals surface area contributed by atoms with E-state index in [1.54, 1.807) is 25.4 Å². The topological polar surface area (TPSA) is 35.5 Å². The molecule has 3 rings (SSSR count). The van der Waals surface area contributed by atoms with Gasteiger partial charge in [0.25, 0.3) is 0 Å².